The zero-order chi connectivity index (χ0) is 11.5. The fourth-order valence-electron chi connectivity index (χ4n) is 1.58. The van der Waals surface area contributed by atoms with Gasteiger partial charge < -0.3 is 4.74 Å². The van der Waals surface area contributed by atoms with Gasteiger partial charge in [-0.2, -0.15) is 0 Å². The van der Waals surface area contributed by atoms with Gasteiger partial charge in [0.25, 0.3) is 0 Å². The number of nitrogens with zero attached hydrogens (tertiary/aromatic N) is 2. The van der Waals surface area contributed by atoms with Crippen LogP contribution in [0.4, 0.5) is 0 Å². The molecule has 0 bridgehead atoms. The molecule has 16 heavy (non-hydrogen) atoms. The molecule has 0 amide bonds. The Bertz CT molecular complexity index is 380. The summed E-state index contributed by atoms with van der Waals surface area (Å²) in [5, 5.41) is 1.94. The maximum Gasteiger partial charge on any atom is 0.161 e. The van der Waals surface area contributed by atoms with E-state index in [9.17, 15) is 0 Å². The molecule has 0 unspecified atom stereocenters. The maximum absolute atomic E-state index is 6.10. The highest BCUT2D eigenvalue weighted by atomic mass is 35.5. The van der Waals surface area contributed by atoms with Gasteiger partial charge in [-0.05, 0) is 26.7 Å². The van der Waals surface area contributed by atoms with Crippen molar-refractivity contribution < 1.29 is 4.74 Å². The first-order valence-electron chi connectivity index (χ1n) is 5.42. The Kier molecular flexibility index (Phi) is 4.05. The van der Waals surface area contributed by atoms with Crippen LogP contribution in [0.1, 0.15) is 24.2 Å². The molecule has 0 atom stereocenters. The maximum atomic E-state index is 6.10. The Morgan fingerprint density at radius 1 is 1.19 bits per heavy atom. The van der Waals surface area contributed by atoms with Gasteiger partial charge in [0.05, 0.1) is 11.4 Å². The van der Waals surface area contributed by atoms with Gasteiger partial charge >= 0.3 is 0 Å². The van der Waals surface area contributed by atoms with Crippen molar-refractivity contribution in [3.8, 4) is 0 Å². The molecule has 2 rings (SSSR count). The smallest absolute Gasteiger partial charge is 0.161 e. The molecule has 88 valence electrons. The predicted octanol–water partition coefficient (Wildman–Crippen LogP) is 3.02. The van der Waals surface area contributed by atoms with Gasteiger partial charge in [-0.15, -0.1) is 0 Å². The number of ether oxygens (including phenoxy) is 1. The summed E-state index contributed by atoms with van der Waals surface area (Å²) in [5.41, 5.74) is 1.86. The lowest BCUT2D eigenvalue weighted by molar-refractivity contribution is 0.1000. The monoisotopic (exact) mass is 258 g/mol. The minimum absolute atomic E-state index is 0.527. The lowest BCUT2D eigenvalue weighted by atomic mass is 10.2. The van der Waals surface area contributed by atoms with E-state index in [2.05, 4.69) is 9.97 Å². The van der Waals surface area contributed by atoms with E-state index >= 15 is 0 Å². The van der Waals surface area contributed by atoms with Gasteiger partial charge in [-0.1, -0.05) is 23.4 Å². The molecule has 0 N–H and O–H groups in total. The fraction of sp³-hybridized carbons (Fsp3) is 0.636. The summed E-state index contributed by atoms with van der Waals surface area (Å²) in [6.07, 6.45) is 2.13. The molecule has 1 aromatic rings. The summed E-state index contributed by atoms with van der Waals surface area (Å²) in [7, 11) is 0. The Labute approximate surface area is 105 Å². The molecule has 1 saturated heterocycles. The third kappa shape index (κ3) is 2.87. The SMILES string of the molecule is Cc1nc(Cl)c(SC2CCOCC2)nc1C. The van der Waals surface area contributed by atoms with Crippen LogP contribution < -0.4 is 0 Å². The van der Waals surface area contributed by atoms with Crippen molar-refractivity contribution >= 4 is 23.4 Å². The van der Waals surface area contributed by atoms with E-state index in [0.29, 0.717) is 10.4 Å². The summed E-state index contributed by atoms with van der Waals surface area (Å²) < 4.78 is 5.33. The second-order valence-electron chi connectivity index (χ2n) is 3.92. The first kappa shape index (κ1) is 12.1. The van der Waals surface area contributed by atoms with Crippen LogP contribution in [0.2, 0.25) is 5.15 Å². The van der Waals surface area contributed by atoms with Gasteiger partial charge in [0.1, 0.15) is 5.03 Å². The minimum Gasteiger partial charge on any atom is -0.381 e. The van der Waals surface area contributed by atoms with Gasteiger partial charge in [0.15, 0.2) is 5.15 Å². The Morgan fingerprint density at radius 2 is 1.81 bits per heavy atom. The van der Waals surface area contributed by atoms with Crippen LogP contribution in [0, 0.1) is 13.8 Å². The molecular formula is C11H15ClN2OS. The molecule has 1 aliphatic heterocycles. The van der Waals surface area contributed by atoms with Crippen molar-refractivity contribution in [1.82, 2.24) is 9.97 Å². The molecule has 1 fully saturated rings. The minimum atomic E-state index is 0.527. The van der Waals surface area contributed by atoms with E-state index < -0.39 is 0 Å². The number of hydrogen-bond acceptors (Lipinski definition) is 4. The van der Waals surface area contributed by atoms with Crippen LogP contribution in [0.5, 0.6) is 0 Å². The topological polar surface area (TPSA) is 35.0 Å². The highest BCUT2D eigenvalue weighted by Gasteiger charge is 2.18. The number of rotatable bonds is 2. The summed E-state index contributed by atoms with van der Waals surface area (Å²) in [5.74, 6) is 0. The summed E-state index contributed by atoms with van der Waals surface area (Å²) in [4.78, 5) is 8.78. The van der Waals surface area contributed by atoms with Crippen LogP contribution >= 0.6 is 23.4 Å². The van der Waals surface area contributed by atoms with E-state index in [4.69, 9.17) is 16.3 Å². The van der Waals surface area contributed by atoms with E-state index in [-0.39, 0.29) is 0 Å². The van der Waals surface area contributed by atoms with Crippen LogP contribution in [0.25, 0.3) is 0 Å². The Hall–Kier alpha value is -0.320. The molecule has 1 aliphatic rings. The highest BCUT2D eigenvalue weighted by molar-refractivity contribution is 8.00. The normalized spacial score (nSPS) is 17.7. The Balaban J connectivity index is 2.11. The average molecular weight is 259 g/mol. The van der Waals surface area contributed by atoms with Crippen molar-refractivity contribution in [2.75, 3.05) is 13.2 Å². The Morgan fingerprint density at radius 3 is 2.50 bits per heavy atom. The third-order valence-corrected chi connectivity index (χ3v) is 4.37. The summed E-state index contributed by atoms with van der Waals surface area (Å²) >= 11 is 7.82. The molecule has 0 aliphatic carbocycles. The molecule has 1 aromatic heterocycles. The summed E-state index contributed by atoms with van der Waals surface area (Å²) in [6.45, 7) is 5.57. The molecule has 0 saturated carbocycles. The third-order valence-electron chi connectivity index (χ3n) is 2.68. The first-order chi connectivity index (χ1) is 7.66. The quantitative estimate of drug-likeness (QED) is 0.817. The van der Waals surface area contributed by atoms with Crippen molar-refractivity contribution in [2.24, 2.45) is 0 Å². The molecule has 0 aromatic carbocycles. The number of hydrogen-bond donors (Lipinski definition) is 0. The van der Waals surface area contributed by atoms with Crippen molar-refractivity contribution in [1.29, 1.82) is 0 Å². The number of aromatic nitrogens is 2. The van der Waals surface area contributed by atoms with Gasteiger partial charge in [-0.25, -0.2) is 9.97 Å². The van der Waals surface area contributed by atoms with Gasteiger partial charge in [0.2, 0.25) is 0 Å². The summed E-state index contributed by atoms with van der Waals surface area (Å²) in [6, 6.07) is 0. The fourth-order valence-corrected chi connectivity index (χ4v) is 2.96. The lowest BCUT2D eigenvalue weighted by Crippen LogP contribution is -2.17. The van der Waals surface area contributed by atoms with Gasteiger partial charge in [-0.3, -0.25) is 0 Å². The molecule has 2 heterocycles. The van der Waals surface area contributed by atoms with Crippen LogP contribution in [-0.2, 0) is 4.74 Å². The molecular weight excluding hydrogens is 244 g/mol. The first-order valence-corrected chi connectivity index (χ1v) is 6.67. The van der Waals surface area contributed by atoms with Gasteiger partial charge in [0, 0.05) is 18.5 Å². The standard InChI is InChI=1S/C11H15ClN2OS/c1-7-8(2)14-11(10(12)13-7)16-9-3-5-15-6-4-9/h9H,3-6H2,1-2H3. The second kappa shape index (κ2) is 5.34. The predicted molar refractivity (Wildman–Crippen MR) is 66.2 cm³/mol. The van der Waals surface area contributed by atoms with E-state index in [1.54, 1.807) is 11.8 Å². The average Bonchev–Trinajstić information content (AvgIpc) is 2.27. The number of aryl methyl sites for hydroxylation is 2. The van der Waals surface area contributed by atoms with Crippen molar-refractivity contribution in [2.45, 2.75) is 37.0 Å². The highest BCUT2D eigenvalue weighted by Crippen LogP contribution is 2.32. The lowest BCUT2D eigenvalue weighted by Gasteiger charge is -2.21. The zero-order valence-corrected chi connectivity index (χ0v) is 11.1. The molecule has 5 heteroatoms. The van der Waals surface area contributed by atoms with Crippen LogP contribution in [0.15, 0.2) is 5.03 Å². The zero-order valence-electron chi connectivity index (χ0n) is 9.49. The number of thioether (sulfide) groups is 1. The largest absolute Gasteiger partial charge is 0.381 e. The van der Waals surface area contributed by atoms with Crippen LogP contribution in [-0.4, -0.2) is 28.4 Å². The van der Waals surface area contributed by atoms with E-state index in [1.165, 1.54) is 0 Å². The molecule has 3 nitrogen and oxygen atoms in total. The number of halogens is 1. The molecule has 0 spiro atoms. The van der Waals surface area contributed by atoms with Crippen molar-refractivity contribution in [3.05, 3.63) is 16.5 Å². The van der Waals surface area contributed by atoms with E-state index in [1.807, 2.05) is 13.8 Å². The second-order valence-corrected chi connectivity index (χ2v) is 5.57. The molecule has 0 radical (unpaired) electrons. The van der Waals surface area contributed by atoms with Crippen molar-refractivity contribution in [3.63, 3.8) is 0 Å². The van der Waals surface area contributed by atoms with E-state index in [0.717, 1.165) is 42.5 Å². The van der Waals surface area contributed by atoms with Crippen LogP contribution in [0.3, 0.4) is 0 Å².